The molecule has 6 heteroatoms. The molecule has 1 nitrogen and oxygen atoms in total. The van der Waals surface area contributed by atoms with Crippen molar-refractivity contribution in [3.8, 4) is 0 Å². The van der Waals surface area contributed by atoms with E-state index < -0.39 is 40.3 Å². The molecule has 168 valence electrons. The summed E-state index contributed by atoms with van der Waals surface area (Å²) >= 11 is 0. The minimum absolute atomic E-state index is 0.120. The Balaban J connectivity index is 2.82. The van der Waals surface area contributed by atoms with Crippen molar-refractivity contribution in [1.29, 1.82) is 0 Å². The van der Waals surface area contributed by atoms with Crippen molar-refractivity contribution >= 4 is 0 Å². The van der Waals surface area contributed by atoms with Gasteiger partial charge in [-0.3, -0.25) is 0 Å². The van der Waals surface area contributed by atoms with Gasteiger partial charge in [0.2, 0.25) is 5.82 Å². The summed E-state index contributed by atoms with van der Waals surface area (Å²) in [5.74, 6) is -9.48. The molecule has 1 aromatic rings. The molecule has 0 spiro atoms. The molecule has 0 aliphatic rings. The van der Waals surface area contributed by atoms with E-state index >= 15 is 0 Å². The number of unbranched alkanes of at least 4 members (excludes halogenated alkanes) is 5. The zero-order valence-corrected chi connectivity index (χ0v) is 18.3. The highest BCUT2D eigenvalue weighted by molar-refractivity contribution is 5.24. The number of methoxy groups -OCH3 is 1. The van der Waals surface area contributed by atoms with Gasteiger partial charge < -0.3 is 4.74 Å². The highest BCUT2D eigenvalue weighted by Crippen LogP contribution is 2.34. The Morgan fingerprint density at radius 2 is 1.28 bits per heavy atom. The molecule has 0 aromatic heterocycles. The molecule has 2 unspecified atom stereocenters. The van der Waals surface area contributed by atoms with Gasteiger partial charge in [0.05, 0.1) is 5.60 Å². The Kier molecular flexibility index (Phi) is 10.6. The highest BCUT2D eigenvalue weighted by atomic mass is 19.2. The van der Waals surface area contributed by atoms with E-state index in [0.29, 0.717) is 6.42 Å². The minimum Gasteiger partial charge on any atom is -0.379 e. The summed E-state index contributed by atoms with van der Waals surface area (Å²) in [5.41, 5.74) is -1.17. The molecule has 2 atom stereocenters. The average Bonchev–Trinajstić information content (AvgIpc) is 2.69. The summed E-state index contributed by atoms with van der Waals surface area (Å²) in [6, 6.07) is 0. The lowest BCUT2D eigenvalue weighted by atomic mass is 9.78. The fraction of sp³-hybridized carbons (Fsp3) is 0.739. The van der Waals surface area contributed by atoms with E-state index in [4.69, 9.17) is 4.74 Å². The van der Waals surface area contributed by atoms with Crippen LogP contribution < -0.4 is 0 Å². The first-order valence-corrected chi connectivity index (χ1v) is 10.6. The molecule has 0 heterocycles. The summed E-state index contributed by atoms with van der Waals surface area (Å²) in [7, 11) is 1.63. The third-order valence-electron chi connectivity index (χ3n) is 5.96. The SMILES string of the molecule is CCCCCCCCC(CC(C)Cc1c(F)c(F)c(F)c(F)c1F)C(C)(C)OC. The van der Waals surface area contributed by atoms with Gasteiger partial charge in [-0.1, -0.05) is 52.4 Å². The van der Waals surface area contributed by atoms with Crippen LogP contribution in [0.2, 0.25) is 0 Å². The molecule has 0 saturated heterocycles. The maximum atomic E-state index is 14.0. The molecular formula is C23H35F5O. The fourth-order valence-electron chi connectivity index (χ4n) is 3.83. The number of benzene rings is 1. The molecule has 1 aromatic carbocycles. The smallest absolute Gasteiger partial charge is 0.200 e. The first kappa shape index (κ1) is 25.9. The Morgan fingerprint density at radius 3 is 1.79 bits per heavy atom. The zero-order valence-electron chi connectivity index (χ0n) is 18.3. The van der Waals surface area contributed by atoms with Crippen LogP contribution in [0, 0.1) is 40.9 Å². The minimum atomic E-state index is -2.11. The molecule has 0 aliphatic carbocycles. The van der Waals surface area contributed by atoms with Gasteiger partial charge in [-0.15, -0.1) is 0 Å². The molecular weight excluding hydrogens is 387 g/mol. The van der Waals surface area contributed by atoms with Crippen LogP contribution in [0.25, 0.3) is 0 Å². The van der Waals surface area contributed by atoms with Gasteiger partial charge in [-0.2, -0.15) is 0 Å². The second kappa shape index (κ2) is 11.9. The van der Waals surface area contributed by atoms with Crippen LogP contribution in [-0.2, 0) is 11.2 Å². The van der Waals surface area contributed by atoms with E-state index in [1.54, 1.807) is 14.0 Å². The van der Waals surface area contributed by atoms with Crippen molar-refractivity contribution in [2.45, 2.75) is 91.1 Å². The standard InChI is InChI=1S/C23H35F5O/c1-6-7-8-9-10-11-12-16(23(3,4)29-5)13-15(2)14-17-18(24)20(26)22(28)21(27)19(17)25/h15-16H,6-14H2,1-5H3. The van der Waals surface area contributed by atoms with Gasteiger partial charge >= 0.3 is 0 Å². The third kappa shape index (κ3) is 7.23. The molecule has 0 saturated carbocycles. The van der Waals surface area contributed by atoms with Gasteiger partial charge in [-0.25, -0.2) is 22.0 Å². The molecule has 0 amide bonds. The molecule has 1 rings (SSSR count). The largest absolute Gasteiger partial charge is 0.379 e. The van der Waals surface area contributed by atoms with Crippen LogP contribution in [0.1, 0.15) is 84.6 Å². The van der Waals surface area contributed by atoms with E-state index in [9.17, 15) is 22.0 Å². The van der Waals surface area contributed by atoms with Crippen LogP contribution in [0.15, 0.2) is 0 Å². The second-order valence-corrected chi connectivity index (χ2v) is 8.65. The van der Waals surface area contributed by atoms with Crippen molar-refractivity contribution in [2.24, 2.45) is 11.8 Å². The molecule has 0 N–H and O–H groups in total. The van der Waals surface area contributed by atoms with Crippen molar-refractivity contribution in [3.63, 3.8) is 0 Å². The van der Waals surface area contributed by atoms with Gasteiger partial charge in [0.15, 0.2) is 23.3 Å². The zero-order chi connectivity index (χ0) is 22.2. The summed E-state index contributed by atoms with van der Waals surface area (Å²) < 4.78 is 73.8. The van der Waals surface area contributed by atoms with Crippen LogP contribution in [0.3, 0.4) is 0 Å². The van der Waals surface area contributed by atoms with Crippen LogP contribution >= 0.6 is 0 Å². The number of hydrogen-bond acceptors (Lipinski definition) is 1. The molecule has 0 bridgehead atoms. The quantitative estimate of drug-likeness (QED) is 0.137. The van der Waals surface area contributed by atoms with Gasteiger partial charge in [0, 0.05) is 12.7 Å². The number of rotatable bonds is 13. The van der Waals surface area contributed by atoms with Gasteiger partial charge in [0.1, 0.15) is 0 Å². The topological polar surface area (TPSA) is 9.23 Å². The average molecular weight is 423 g/mol. The lowest BCUT2D eigenvalue weighted by Crippen LogP contribution is -2.35. The number of halogens is 5. The Bertz CT molecular complexity index is 616. The first-order valence-electron chi connectivity index (χ1n) is 10.6. The normalized spacial score (nSPS) is 14.3. The maximum absolute atomic E-state index is 14.0. The molecule has 0 radical (unpaired) electrons. The number of ether oxygens (including phenoxy) is 1. The van der Waals surface area contributed by atoms with Gasteiger partial charge in [0.25, 0.3) is 0 Å². The van der Waals surface area contributed by atoms with Crippen molar-refractivity contribution in [3.05, 3.63) is 34.6 Å². The van der Waals surface area contributed by atoms with E-state index in [1.807, 2.05) is 13.8 Å². The molecule has 29 heavy (non-hydrogen) atoms. The predicted octanol–water partition coefficient (Wildman–Crippen LogP) is 7.74. The highest BCUT2D eigenvalue weighted by Gasteiger charge is 2.32. The summed E-state index contributed by atoms with van der Waals surface area (Å²) in [6.07, 6.45) is 8.21. The fourth-order valence-corrected chi connectivity index (χ4v) is 3.83. The van der Waals surface area contributed by atoms with E-state index in [2.05, 4.69) is 6.92 Å². The monoisotopic (exact) mass is 422 g/mol. The second-order valence-electron chi connectivity index (χ2n) is 8.65. The van der Waals surface area contributed by atoms with E-state index in [-0.39, 0.29) is 18.3 Å². The van der Waals surface area contributed by atoms with Crippen molar-refractivity contribution in [1.82, 2.24) is 0 Å². The van der Waals surface area contributed by atoms with Crippen LogP contribution in [0.4, 0.5) is 22.0 Å². The third-order valence-corrected chi connectivity index (χ3v) is 5.96. The van der Waals surface area contributed by atoms with Crippen LogP contribution in [0.5, 0.6) is 0 Å². The van der Waals surface area contributed by atoms with Crippen LogP contribution in [-0.4, -0.2) is 12.7 Å². The van der Waals surface area contributed by atoms with E-state index in [1.165, 1.54) is 25.7 Å². The predicted molar refractivity (Wildman–Crippen MR) is 106 cm³/mol. The molecule has 0 fully saturated rings. The summed E-state index contributed by atoms with van der Waals surface area (Å²) in [4.78, 5) is 0. The summed E-state index contributed by atoms with van der Waals surface area (Å²) in [6.45, 7) is 7.89. The number of hydrogen-bond donors (Lipinski definition) is 0. The van der Waals surface area contributed by atoms with Crippen molar-refractivity contribution in [2.75, 3.05) is 7.11 Å². The lowest BCUT2D eigenvalue weighted by molar-refractivity contribution is -0.0390. The van der Waals surface area contributed by atoms with E-state index in [0.717, 1.165) is 19.3 Å². The Morgan fingerprint density at radius 1 is 0.793 bits per heavy atom. The Hall–Kier alpha value is -1.17. The summed E-state index contributed by atoms with van der Waals surface area (Å²) in [5, 5.41) is 0. The van der Waals surface area contributed by atoms with Gasteiger partial charge in [-0.05, 0) is 44.9 Å². The lowest BCUT2D eigenvalue weighted by Gasteiger charge is -2.35. The maximum Gasteiger partial charge on any atom is 0.200 e. The molecule has 0 aliphatic heterocycles. The van der Waals surface area contributed by atoms with Crippen molar-refractivity contribution < 1.29 is 26.7 Å². The Labute approximate surface area is 172 Å². The first-order chi connectivity index (χ1) is 13.6.